The van der Waals surface area contributed by atoms with Gasteiger partial charge in [-0.05, 0) is 60.2 Å². The number of aromatic nitrogens is 4. The number of nitrogens with zero attached hydrogens (tertiary/aromatic N) is 5. The zero-order valence-corrected chi connectivity index (χ0v) is 26.5. The number of anilines is 1. The molecule has 0 spiro atoms. The number of hydrogen-bond acceptors (Lipinski definition) is 12. The summed E-state index contributed by atoms with van der Waals surface area (Å²) >= 11 is 5.09. The predicted octanol–water partition coefficient (Wildman–Crippen LogP) is 2.11. The third-order valence-electron chi connectivity index (χ3n) is 7.11. The summed E-state index contributed by atoms with van der Waals surface area (Å²) in [6.45, 7) is 2.92. The van der Waals surface area contributed by atoms with E-state index in [4.69, 9.17) is 30.7 Å². The van der Waals surface area contributed by atoms with Crippen molar-refractivity contribution in [2.45, 2.75) is 48.9 Å². The van der Waals surface area contributed by atoms with Gasteiger partial charge in [0.05, 0.1) is 6.54 Å². The number of hydrogen-bond donors (Lipinski definition) is 3. The van der Waals surface area contributed by atoms with Gasteiger partial charge in [-0.1, -0.05) is 11.8 Å². The highest BCUT2D eigenvalue weighted by Crippen LogP contribution is 2.43. The molecule has 232 valence electrons. The average Bonchev–Trinajstić information content (AvgIpc) is 3.59. The quantitative estimate of drug-likeness (QED) is 0.262. The van der Waals surface area contributed by atoms with Gasteiger partial charge in [0, 0.05) is 29.0 Å². The minimum atomic E-state index is -0.943. The summed E-state index contributed by atoms with van der Waals surface area (Å²) in [6, 6.07) is 3.79. The van der Waals surface area contributed by atoms with E-state index in [1.165, 1.54) is 25.0 Å². The normalized spacial score (nSPS) is 15.2. The molecule has 0 unspecified atom stereocenters. The van der Waals surface area contributed by atoms with Crippen molar-refractivity contribution in [3.63, 3.8) is 0 Å². The number of nitrogens with two attached hydrogens (primary N) is 2. The van der Waals surface area contributed by atoms with E-state index in [-0.39, 0.29) is 38.2 Å². The van der Waals surface area contributed by atoms with Gasteiger partial charge < -0.3 is 40.5 Å². The second-order valence-corrected chi connectivity index (χ2v) is 11.7. The van der Waals surface area contributed by atoms with E-state index < -0.39 is 18.0 Å². The minimum Gasteiger partial charge on any atom is -0.454 e. The number of benzene rings is 1. The largest absolute Gasteiger partial charge is 0.454 e. The zero-order valence-electron chi connectivity index (χ0n) is 23.3. The molecule has 17 heteroatoms. The number of nitrogen functional groups attached to an aromatic ring is 1. The topological polar surface area (TPSA) is 190 Å². The first kappa shape index (κ1) is 32.6. The molecule has 5 rings (SSSR count). The lowest BCUT2D eigenvalue weighted by Gasteiger charge is -2.33. The molecule has 3 aromatic rings. The number of carbonyl (C=O) groups is 3. The summed E-state index contributed by atoms with van der Waals surface area (Å²) in [5, 5.41) is 3.06. The SMILES string of the molecule is C[C@H](OC(=O)CNC(=O)CN)C(=O)N1CCC(CCn2c(Sc3cc4c(cc3Br)OCO4)nc3c(N)ncnc32)CC1.Cl. The van der Waals surface area contributed by atoms with Crippen LogP contribution in [0.5, 0.6) is 11.5 Å². The maximum Gasteiger partial charge on any atom is 0.326 e. The standard InChI is InChI=1S/C26H31BrN8O6S.ClH/c1-14(41-21(37)11-30-20(36)10-28)25(38)34-5-2-15(3-6-34)4-7-35-24-22(23(29)31-12-32-24)33-26(35)42-19-9-18-17(8-16(19)27)39-13-40-18;/h8-9,12,14-15H,2-7,10-11,13,28H2,1H3,(H,30,36)(H2,29,31,32);1H/t14-;/m0./s1. The van der Waals surface area contributed by atoms with Crippen molar-refractivity contribution in [1.82, 2.24) is 29.7 Å². The van der Waals surface area contributed by atoms with Crippen molar-refractivity contribution in [3.8, 4) is 11.5 Å². The minimum absolute atomic E-state index is 0. The molecule has 0 radical (unpaired) electrons. The molecule has 1 aromatic carbocycles. The molecule has 5 N–H and O–H groups in total. The number of imidazole rings is 1. The van der Waals surface area contributed by atoms with Crippen LogP contribution in [-0.2, 0) is 25.7 Å². The molecule has 14 nitrogen and oxygen atoms in total. The summed E-state index contributed by atoms with van der Waals surface area (Å²) < 4.78 is 19.1. The highest BCUT2D eigenvalue weighted by Gasteiger charge is 2.29. The maximum atomic E-state index is 12.9. The van der Waals surface area contributed by atoms with Crippen LogP contribution in [0, 0.1) is 5.92 Å². The lowest BCUT2D eigenvalue weighted by Crippen LogP contribution is -2.45. The average molecular weight is 700 g/mol. The number of amides is 2. The molecule has 1 fully saturated rings. The van der Waals surface area contributed by atoms with Crippen molar-refractivity contribution in [3.05, 3.63) is 22.9 Å². The van der Waals surface area contributed by atoms with E-state index in [9.17, 15) is 14.4 Å². The van der Waals surface area contributed by atoms with Gasteiger partial charge in [-0.3, -0.25) is 14.4 Å². The first-order chi connectivity index (χ1) is 20.2. The molecule has 2 aliphatic heterocycles. The van der Waals surface area contributed by atoms with Crippen molar-refractivity contribution in [2.75, 3.05) is 38.7 Å². The van der Waals surface area contributed by atoms with Gasteiger partial charge in [-0.2, -0.15) is 0 Å². The molecule has 1 saturated heterocycles. The van der Waals surface area contributed by atoms with Gasteiger partial charge in [-0.15, -0.1) is 12.4 Å². The van der Waals surface area contributed by atoms with Gasteiger partial charge in [0.15, 0.2) is 39.7 Å². The van der Waals surface area contributed by atoms with Crippen LogP contribution in [0.1, 0.15) is 26.2 Å². The van der Waals surface area contributed by atoms with Crippen LogP contribution in [0.25, 0.3) is 11.2 Å². The Morgan fingerprint density at radius 3 is 2.65 bits per heavy atom. The van der Waals surface area contributed by atoms with Crippen LogP contribution in [0.4, 0.5) is 5.82 Å². The van der Waals surface area contributed by atoms with Crippen molar-refractivity contribution in [1.29, 1.82) is 0 Å². The molecular formula is C26H32BrClN8O6S. The Morgan fingerprint density at radius 2 is 1.93 bits per heavy atom. The fourth-order valence-corrected chi connectivity index (χ4v) is 6.34. The number of ether oxygens (including phenoxy) is 3. The van der Waals surface area contributed by atoms with E-state index in [1.807, 2.05) is 12.1 Å². The second-order valence-electron chi connectivity index (χ2n) is 9.89. The van der Waals surface area contributed by atoms with Crippen LogP contribution >= 0.6 is 40.1 Å². The first-order valence-electron chi connectivity index (χ1n) is 13.4. The Morgan fingerprint density at radius 1 is 1.21 bits per heavy atom. The lowest BCUT2D eigenvalue weighted by molar-refractivity contribution is -0.159. The summed E-state index contributed by atoms with van der Waals surface area (Å²) in [7, 11) is 0. The Balaban J connectivity index is 0.00000423. The number of rotatable bonds is 10. The number of piperidine rings is 1. The highest BCUT2D eigenvalue weighted by molar-refractivity contribution is 9.10. The predicted molar refractivity (Wildman–Crippen MR) is 163 cm³/mol. The van der Waals surface area contributed by atoms with E-state index in [0.29, 0.717) is 54.0 Å². The molecule has 1 atom stereocenters. The number of esters is 1. The number of fused-ring (bicyclic) bond motifs is 2. The van der Waals surface area contributed by atoms with E-state index >= 15 is 0 Å². The molecule has 4 heterocycles. The fourth-order valence-electron chi connectivity index (χ4n) is 4.83. The lowest BCUT2D eigenvalue weighted by atomic mass is 9.93. The van der Waals surface area contributed by atoms with Crippen molar-refractivity contribution in [2.24, 2.45) is 11.7 Å². The van der Waals surface area contributed by atoms with Gasteiger partial charge in [0.25, 0.3) is 5.91 Å². The summed E-state index contributed by atoms with van der Waals surface area (Å²) in [5.41, 5.74) is 12.5. The first-order valence-corrected chi connectivity index (χ1v) is 15.0. The van der Waals surface area contributed by atoms with Crippen LogP contribution in [0.2, 0.25) is 0 Å². The number of nitrogens with one attached hydrogen (secondary N) is 1. The van der Waals surface area contributed by atoms with E-state index in [0.717, 1.165) is 33.8 Å². The van der Waals surface area contributed by atoms with E-state index in [2.05, 4.69) is 35.8 Å². The summed E-state index contributed by atoms with van der Waals surface area (Å²) in [5.74, 6) is 0.617. The third kappa shape index (κ3) is 7.60. The molecular weight excluding hydrogens is 668 g/mol. The number of aryl methyl sites for hydroxylation is 1. The van der Waals surface area contributed by atoms with Crippen molar-refractivity contribution < 1.29 is 28.6 Å². The van der Waals surface area contributed by atoms with Gasteiger partial charge in [-0.25, -0.2) is 15.0 Å². The van der Waals surface area contributed by atoms with Gasteiger partial charge in [0.2, 0.25) is 12.7 Å². The molecule has 0 aliphatic carbocycles. The Kier molecular flexibility index (Phi) is 10.9. The molecule has 43 heavy (non-hydrogen) atoms. The monoisotopic (exact) mass is 698 g/mol. The Labute approximate surface area is 266 Å². The van der Waals surface area contributed by atoms with Crippen LogP contribution in [0.15, 0.2) is 33.0 Å². The summed E-state index contributed by atoms with van der Waals surface area (Å²) in [4.78, 5) is 52.0. The molecule has 2 amide bonds. The van der Waals surface area contributed by atoms with Gasteiger partial charge >= 0.3 is 5.97 Å². The molecule has 0 saturated carbocycles. The van der Waals surface area contributed by atoms with Crippen LogP contribution < -0.4 is 26.3 Å². The second kappa shape index (κ2) is 14.4. The number of halogens is 2. The van der Waals surface area contributed by atoms with Crippen LogP contribution in [0.3, 0.4) is 0 Å². The van der Waals surface area contributed by atoms with E-state index in [1.54, 1.807) is 4.90 Å². The fraction of sp³-hybridized carbons (Fsp3) is 0.462. The third-order valence-corrected chi connectivity index (χ3v) is 9.08. The molecule has 0 bridgehead atoms. The number of carbonyl (C=O) groups excluding carboxylic acids is 3. The summed E-state index contributed by atoms with van der Waals surface area (Å²) in [6.07, 6.45) is 2.95. The maximum absolute atomic E-state index is 12.9. The van der Waals surface area contributed by atoms with Gasteiger partial charge in [0.1, 0.15) is 12.9 Å². The number of likely N-dealkylation sites (tertiary alicyclic amines) is 1. The smallest absolute Gasteiger partial charge is 0.326 e. The zero-order chi connectivity index (χ0) is 29.8. The Bertz CT molecular complexity index is 1500. The van der Waals surface area contributed by atoms with Crippen LogP contribution in [-0.4, -0.2) is 81.3 Å². The molecule has 2 aromatic heterocycles. The van der Waals surface area contributed by atoms with Crippen molar-refractivity contribution >= 4 is 74.9 Å². The molecule has 2 aliphatic rings. The highest BCUT2D eigenvalue weighted by atomic mass is 79.9. The Hall–Kier alpha value is -3.34.